The van der Waals surface area contributed by atoms with E-state index in [9.17, 15) is 0 Å². The van der Waals surface area contributed by atoms with Crippen molar-refractivity contribution in [2.24, 2.45) is 0 Å². The Labute approximate surface area is 254 Å². The summed E-state index contributed by atoms with van der Waals surface area (Å²) in [5, 5.41) is 8.59. The van der Waals surface area contributed by atoms with Crippen molar-refractivity contribution in [1.29, 1.82) is 0 Å². The van der Waals surface area contributed by atoms with E-state index in [-0.39, 0.29) is 24.8 Å². The molecule has 0 heterocycles. The Hall–Kier alpha value is -2.23. The second-order valence-corrected chi connectivity index (χ2v) is 16.6. The van der Waals surface area contributed by atoms with Crippen molar-refractivity contribution in [3.05, 3.63) is 144 Å². The van der Waals surface area contributed by atoms with Crippen LogP contribution in [0.1, 0.15) is 22.3 Å². The van der Waals surface area contributed by atoms with Gasteiger partial charge in [-0.25, -0.2) is 0 Å². The van der Waals surface area contributed by atoms with Crippen LogP contribution in [0.25, 0.3) is 21.5 Å². The van der Waals surface area contributed by atoms with Crippen LogP contribution in [0.4, 0.5) is 0 Å². The number of halogens is 2. The number of fused-ring (bicyclic) bond motifs is 2. The van der Waals surface area contributed by atoms with Gasteiger partial charge in [0.25, 0.3) is 0 Å². The van der Waals surface area contributed by atoms with E-state index in [1.165, 1.54) is 77.2 Å². The molecule has 0 aromatic heterocycles. The molecule has 0 radical (unpaired) electrons. The quantitative estimate of drug-likeness (QED) is 0.124. The fourth-order valence-corrected chi connectivity index (χ4v) is 9.44. The van der Waals surface area contributed by atoms with Crippen molar-refractivity contribution < 1.29 is 23.0 Å². The first-order valence-electron chi connectivity index (χ1n) is 12.4. The molecule has 0 unspecified atom stereocenters. The maximum atomic E-state index is 2.26. The summed E-state index contributed by atoms with van der Waals surface area (Å²) in [6, 6.07) is 43.5. The van der Waals surface area contributed by atoms with Crippen molar-refractivity contribution in [1.82, 2.24) is 0 Å². The zero-order valence-electron chi connectivity index (χ0n) is 22.4. The van der Waals surface area contributed by atoms with Gasteiger partial charge in [-0.2, -0.15) is 12.1 Å². The molecule has 0 saturated heterocycles. The molecule has 0 spiro atoms. The molecule has 0 N–H and O–H groups in total. The van der Waals surface area contributed by atoms with Gasteiger partial charge in [0, 0.05) is 0 Å². The van der Waals surface area contributed by atoms with Gasteiger partial charge in [-0.3, -0.25) is 0 Å². The fourth-order valence-electron chi connectivity index (χ4n) is 4.46. The molecule has 6 aromatic rings. The predicted molar refractivity (Wildman–Crippen MR) is 170 cm³/mol. The van der Waals surface area contributed by atoms with Crippen molar-refractivity contribution in [2.45, 2.75) is 27.7 Å². The van der Waals surface area contributed by atoms with Crippen LogP contribution >= 0.6 is 24.8 Å². The first-order valence-corrected chi connectivity index (χ1v) is 19.3. The average molecular weight is 720 g/mol. The van der Waals surface area contributed by atoms with E-state index in [1.54, 1.807) is 0 Å². The number of hydrogen-bond acceptors (Lipinski definition) is 0. The summed E-state index contributed by atoms with van der Waals surface area (Å²) in [5.41, 5.74) is 5.05. The van der Waals surface area contributed by atoms with Crippen molar-refractivity contribution in [3.8, 4) is 0 Å². The first kappa shape index (κ1) is 32.0. The Morgan fingerprint density at radius 2 is 0.868 bits per heavy atom. The van der Waals surface area contributed by atoms with Crippen LogP contribution in [0.15, 0.2) is 121 Å². The van der Waals surface area contributed by atoms with Gasteiger partial charge >= 0.3 is 99.5 Å². The molecular weight excluding hydrogens is 686 g/mol. The molecule has 0 nitrogen and oxygen atoms in total. The molecule has 0 bridgehead atoms. The second kappa shape index (κ2) is 15.4. The van der Waals surface area contributed by atoms with Gasteiger partial charge in [0.1, 0.15) is 0 Å². The van der Waals surface area contributed by atoms with Gasteiger partial charge in [-0.05, 0) is 13.8 Å². The van der Waals surface area contributed by atoms with E-state index >= 15 is 0 Å². The van der Waals surface area contributed by atoms with Crippen molar-refractivity contribution in [3.63, 3.8) is 0 Å². The van der Waals surface area contributed by atoms with Gasteiger partial charge < -0.3 is 0 Å². The third-order valence-corrected chi connectivity index (χ3v) is 14.4. The van der Waals surface area contributed by atoms with Crippen LogP contribution in [0, 0.1) is 27.7 Å². The van der Waals surface area contributed by atoms with Crippen molar-refractivity contribution in [2.75, 3.05) is 0 Å². The van der Waals surface area contributed by atoms with Gasteiger partial charge in [-0.1, -0.05) is 37.1 Å². The van der Waals surface area contributed by atoms with Crippen LogP contribution in [0.2, 0.25) is 0 Å². The van der Waals surface area contributed by atoms with Gasteiger partial charge in [0.2, 0.25) is 0 Å². The summed E-state index contributed by atoms with van der Waals surface area (Å²) in [6.07, 6.45) is 0. The number of aryl methyl sites for hydroxylation is 4. The third kappa shape index (κ3) is 8.38. The molecule has 0 saturated carbocycles. The first-order chi connectivity index (χ1) is 17.4. The van der Waals surface area contributed by atoms with E-state index < -0.39 is 5.49 Å². The summed E-state index contributed by atoms with van der Waals surface area (Å²) in [5.74, 6) is 0. The molecular formula is C34H34Cl2HfSi. The van der Waals surface area contributed by atoms with Crippen LogP contribution in [-0.2, 0) is 23.0 Å². The molecule has 38 heavy (non-hydrogen) atoms. The monoisotopic (exact) mass is 720 g/mol. The number of benzene rings is 4. The Morgan fingerprint density at radius 3 is 1.21 bits per heavy atom. The van der Waals surface area contributed by atoms with E-state index in [0.717, 1.165) is 0 Å². The van der Waals surface area contributed by atoms with Gasteiger partial charge in [-0.15, -0.1) is 93.9 Å². The average Bonchev–Trinajstić information content (AvgIpc) is 3.48. The molecule has 0 aliphatic carbocycles. The predicted octanol–water partition coefficient (Wildman–Crippen LogP) is 8.53. The zero-order chi connectivity index (χ0) is 25.5. The fraction of sp³-hybridized carbons (Fsp3) is 0.118. The molecule has 0 amide bonds. The minimum absolute atomic E-state index is 0. The SMILES string of the molecule is Cc1cc2c(C)cccc2[cH-]1.Cc1cc2c(C)cccc2[cH-]1.Cl.Cl.[Hf+2]=[Si](c1ccccc1)c1ccccc1. The Kier molecular flexibility index (Phi) is 12.9. The van der Waals surface area contributed by atoms with Crippen molar-refractivity contribution >= 4 is 62.2 Å². The topological polar surface area (TPSA) is 0 Å². The third-order valence-electron chi connectivity index (χ3n) is 6.35. The molecule has 6 aromatic carbocycles. The molecule has 0 aliphatic heterocycles. The Balaban J connectivity index is 0.000000197. The molecule has 4 heteroatoms. The molecule has 0 aliphatic rings. The maximum absolute atomic E-state index is 2.26. The molecule has 0 atom stereocenters. The second-order valence-electron chi connectivity index (χ2n) is 9.33. The number of hydrogen-bond donors (Lipinski definition) is 0. The Bertz CT molecular complexity index is 1460. The Morgan fingerprint density at radius 1 is 0.500 bits per heavy atom. The van der Waals surface area contributed by atoms with Crippen LogP contribution in [-0.4, -0.2) is 5.49 Å². The zero-order valence-corrected chi connectivity index (χ0v) is 28.6. The van der Waals surface area contributed by atoms with Gasteiger partial charge in [0.05, 0.1) is 0 Å². The van der Waals surface area contributed by atoms with Crippen LogP contribution < -0.4 is 10.4 Å². The summed E-state index contributed by atoms with van der Waals surface area (Å²) in [6.45, 7) is 8.59. The number of rotatable bonds is 2. The summed E-state index contributed by atoms with van der Waals surface area (Å²) >= 11 is 1.27. The van der Waals surface area contributed by atoms with E-state index in [2.05, 4.69) is 149 Å². The van der Waals surface area contributed by atoms with E-state index in [4.69, 9.17) is 0 Å². The summed E-state index contributed by atoms with van der Waals surface area (Å²) in [7, 11) is 0. The van der Waals surface area contributed by atoms with Gasteiger partial charge in [0.15, 0.2) is 0 Å². The molecule has 0 fully saturated rings. The van der Waals surface area contributed by atoms with E-state index in [0.29, 0.717) is 0 Å². The normalized spacial score (nSPS) is 9.84. The molecule has 192 valence electrons. The molecule has 6 rings (SSSR count). The van der Waals surface area contributed by atoms with E-state index in [1.807, 2.05) is 0 Å². The standard InChI is InChI=1S/C12H10Si.2C11H11.2ClH.Hf/c1-3-7-11(8-4-1)13-12-9-5-2-6-10-12;2*1-8-6-10-5-3-4-9(2)11(10)7-8;;;/h1-10H;2*3-7H,1-2H3;2*1H;/q;2*-1;;;+2. The summed E-state index contributed by atoms with van der Waals surface area (Å²) in [4.78, 5) is 0. The van der Waals surface area contributed by atoms with Crippen LogP contribution in [0.5, 0.6) is 0 Å². The minimum atomic E-state index is -0.406. The van der Waals surface area contributed by atoms with Crippen LogP contribution in [0.3, 0.4) is 0 Å². The summed E-state index contributed by atoms with van der Waals surface area (Å²) < 4.78 is 0.